The molecule has 0 saturated carbocycles. The van der Waals surface area contributed by atoms with Crippen molar-refractivity contribution in [3.8, 4) is 0 Å². The SMILES string of the molecule is CCC(CC)C(=O)NC1CCN(C(=O)C2CC(=O)N(C(C)C)C2)CC1. The molecule has 2 aliphatic heterocycles. The first kappa shape index (κ1) is 19.7. The van der Waals surface area contributed by atoms with Gasteiger partial charge < -0.3 is 15.1 Å². The van der Waals surface area contributed by atoms with E-state index in [2.05, 4.69) is 5.32 Å². The van der Waals surface area contributed by atoms with Gasteiger partial charge in [0.15, 0.2) is 0 Å². The molecule has 0 aromatic heterocycles. The van der Waals surface area contributed by atoms with Crippen LogP contribution in [0.3, 0.4) is 0 Å². The minimum Gasteiger partial charge on any atom is -0.353 e. The van der Waals surface area contributed by atoms with Gasteiger partial charge in [-0.25, -0.2) is 0 Å². The van der Waals surface area contributed by atoms with E-state index in [1.807, 2.05) is 32.6 Å². The Morgan fingerprint density at radius 1 is 1.16 bits per heavy atom. The van der Waals surface area contributed by atoms with Crippen LogP contribution in [0.1, 0.15) is 59.8 Å². The predicted octanol–water partition coefficient (Wildman–Crippen LogP) is 1.79. The number of nitrogens with zero attached hydrogens (tertiary/aromatic N) is 2. The van der Waals surface area contributed by atoms with Crippen LogP contribution in [0.15, 0.2) is 0 Å². The van der Waals surface area contributed by atoms with E-state index >= 15 is 0 Å². The first-order valence-corrected chi connectivity index (χ1v) is 9.75. The molecule has 25 heavy (non-hydrogen) atoms. The number of carbonyl (C=O) groups is 3. The molecule has 1 unspecified atom stereocenters. The summed E-state index contributed by atoms with van der Waals surface area (Å²) in [5.74, 6) is 0.211. The normalized spacial score (nSPS) is 22.2. The van der Waals surface area contributed by atoms with Crippen molar-refractivity contribution in [2.75, 3.05) is 19.6 Å². The van der Waals surface area contributed by atoms with Crippen LogP contribution in [-0.4, -0.2) is 59.2 Å². The van der Waals surface area contributed by atoms with Crippen molar-refractivity contribution in [3.63, 3.8) is 0 Å². The minimum absolute atomic E-state index is 0.0840. The van der Waals surface area contributed by atoms with Crippen molar-refractivity contribution in [2.24, 2.45) is 11.8 Å². The van der Waals surface area contributed by atoms with Crippen LogP contribution < -0.4 is 5.32 Å². The molecule has 2 rings (SSSR count). The van der Waals surface area contributed by atoms with Crippen molar-refractivity contribution >= 4 is 17.7 Å². The summed E-state index contributed by atoms with van der Waals surface area (Å²) >= 11 is 0. The van der Waals surface area contributed by atoms with Crippen LogP contribution >= 0.6 is 0 Å². The zero-order valence-electron chi connectivity index (χ0n) is 16.1. The lowest BCUT2D eigenvalue weighted by atomic mass is 9.98. The number of hydrogen-bond acceptors (Lipinski definition) is 3. The molecule has 3 amide bonds. The van der Waals surface area contributed by atoms with E-state index in [0.717, 1.165) is 25.7 Å². The molecular weight excluding hydrogens is 318 g/mol. The lowest BCUT2D eigenvalue weighted by Gasteiger charge is -2.34. The Labute approximate surface area is 151 Å². The van der Waals surface area contributed by atoms with Gasteiger partial charge in [-0.15, -0.1) is 0 Å². The van der Waals surface area contributed by atoms with Crippen molar-refractivity contribution in [2.45, 2.75) is 71.9 Å². The monoisotopic (exact) mass is 351 g/mol. The molecule has 142 valence electrons. The lowest BCUT2D eigenvalue weighted by molar-refractivity contribution is -0.137. The summed E-state index contributed by atoms with van der Waals surface area (Å²) in [6.07, 6.45) is 3.66. The number of carbonyl (C=O) groups excluding carboxylic acids is 3. The Hall–Kier alpha value is -1.59. The Balaban J connectivity index is 1.81. The van der Waals surface area contributed by atoms with Crippen LogP contribution in [0.4, 0.5) is 0 Å². The quantitative estimate of drug-likeness (QED) is 0.793. The molecule has 0 aromatic carbocycles. The highest BCUT2D eigenvalue weighted by Crippen LogP contribution is 2.24. The summed E-state index contributed by atoms with van der Waals surface area (Å²) in [6.45, 7) is 9.92. The Bertz CT molecular complexity index is 494. The average Bonchev–Trinajstić information content (AvgIpc) is 2.98. The van der Waals surface area contributed by atoms with Crippen LogP contribution in [-0.2, 0) is 14.4 Å². The summed E-state index contributed by atoms with van der Waals surface area (Å²) in [7, 11) is 0. The van der Waals surface area contributed by atoms with Gasteiger partial charge in [0.1, 0.15) is 0 Å². The first-order valence-electron chi connectivity index (χ1n) is 9.75. The zero-order chi connectivity index (χ0) is 18.6. The maximum absolute atomic E-state index is 12.7. The molecule has 2 fully saturated rings. The Morgan fingerprint density at radius 3 is 2.24 bits per heavy atom. The lowest BCUT2D eigenvalue weighted by Crippen LogP contribution is -2.49. The third-order valence-electron chi connectivity index (χ3n) is 5.64. The van der Waals surface area contributed by atoms with Crippen molar-refractivity contribution in [1.82, 2.24) is 15.1 Å². The second-order valence-corrected chi connectivity index (χ2v) is 7.66. The summed E-state index contributed by atoms with van der Waals surface area (Å²) in [6, 6.07) is 0.311. The number of piperidine rings is 1. The van der Waals surface area contributed by atoms with Gasteiger partial charge in [0, 0.05) is 44.1 Å². The molecule has 2 saturated heterocycles. The van der Waals surface area contributed by atoms with E-state index in [-0.39, 0.29) is 41.6 Å². The fourth-order valence-corrected chi connectivity index (χ4v) is 3.88. The second kappa shape index (κ2) is 8.68. The number of rotatable bonds is 6. The summed E-state index contributed by atoms with van der Waals surface area (Å²) in [4.78, 5) is 40.6. The Kier molecular flexibility index (Phi) is 6.85. The van der Waals surface area contributed by atoms with Gasteiger partial charge in [-0.1, -0.05) is 13.8 Å². The van der Waals surface area contributed by atoms with Crippen LogP contribution in [0.5, 0.6) is 0 Å². The molecule has 1 atom stereocenters. The maximum atomic E-state index is 12.7. The van der Waals surface area contributed by atoms with Gasteiger partial charge in [-0.2, -0.15) is 0 Å². The molecule has 0 spiro atoms. The topological polar surface area (TPSA) is 69.7 Å². The van der Waals surface area contributed by atoms with Gasteiger partial charge in [0.2, 0.25) is 17.7 Å². The molecule has 6 nitrogen and oxygen atoms in total. The third kappa shape index (κ3) is 4.73. The highest BCUT2D eigenvalue weighted by molar-refractivity contribution is 5.89. The average molecular weight is 351 g/mol. The fourth-order valence-electron chi connectivity index (χ4n) is 3.88. The largest absolute Gasteiger partial charge is 0.353 e. The fraction of sp³-hybridized carbons (Fsp3) is 0.842. The smallest absolute Gasteiger partial charge is 0.227 e. The first-order chi connectivity index (χ1) is 11.9. The van der Waals surface area contributed by atoms with Gasteiger partial charge in [-0.3, -0.25) is 14.4 Å². The van der Waals surface area contributed by atoms with E-state index in [1.165, 1.54) is 0 Å². The molecule has 0 radical (unpaired) electrons. The highest BCUT2D eigenvalue weighted by Gasteiger charge is 2.38. The summed E-state index contributed by atoms with van der Waals surface area (Å²) in [5, 5.41) is 3.14. The molecule has 2 aliphatic rings. The van der Waals surface area contributed by atoms with E-state index in [9.17, 15) is 14.4 Å². The van der Waals surface area contributed by atoms with E-state index in [4.69, 9.17) is 0 Å². The molecule has 0 aromatic rings. The molecule has 1 N–H and O–H groups in total. The van der Waals surface area contributed by atoms with E-state index in [1.54, 1.807) is 4.90 Å². The van der Waals surface area contributed by atoms with E-state index < -0.39 is 0 Å². The summed E-state index contributed by atoms with van der Waals surface area (Å²) < 4.78 is 0. The number of likely N-dealkylation sites (tertiary alicyclic amines) is 2. The highest BCUT2D eigenvalue weighted by atomic mass is 16.2. The van der Waals surface area contributed by atoms with Crippen molar-refractivity contribution in [1.29, 1.82) is 0 Å². The molecule has 2 heterocycles. The summed E-state index contributed by atoms with van der Waals surface area (Å²) in [5.41, 5.74) is 0. The van der Waals surface area contributed by atoms with Gasteiger partial charge >= 0.3 is 0 Å². The molecular formula is C19H33N3O3. The van der Waals surface area contributed by atoms with Gasteiger partial charge in [0.05, 0.1) is 5.92 Å². The third-order valence-corrected chi connectivity index (χ3v) is 5.64. The van der Waals surface area contributed by atoms with E-state index in [0.29, 0.717) is 26.1 Å². The number of nitrogens with one attached hydrogen (secondary N) is 1. The molecule has 6 heteroatoms. The number of amides is 3. The minimum atomic E-state index is -0.203. The maximum Gasteiger partial charge on any atom is 0.227 e. The molecule has 0 aliphatic carbocycles. The molecule has 0 bridgehead atoms. The van der Waals surface area contributed by atoms with Crippen molar-refractivity contribution in [3.05, 3.63) is 0 Å². The van der Waals surface area contributed by atoms with Crippen LogP contribution in [0.25, 0.3) is 0 Å². The van der Waals surface area contributed by atoms with Crippen molar-refractivity contribution < 1.29 is 14.4 Å². The Morgan fingerprint density at radius 2 is 1.76 bits per heavy atom. The predicted molar refractivity (Wildman–Crippen MR) is 96.8 cm³/mol. The second-order valence-electron chi connectivity index (χ2n) is 7.66. The zero-order valence-corrected chi connectivity index (χ0v) is 16.1. The van der Waals surface area contributed by atoms with Gasteiger partial charge in [-0.05, 0) is 39.5 Å². The van der Waals surface area contributed by atoms with Gasteiger partial charge in [0.25, 0.3) is 0 Å². The van der Waals surface area contributed by atoms with Crippen LogP contribution in [0, 0.1) is 11.8 Å². The van der Waals surface area contributed by atoms with Crippen LogP contribution in [0.2, 0.25) is 0 Å². The standard InChI is InChI=1S/C19H33N3O3/c1-5-14(6-2)18(24)20-16-7-9-21(10-8-16)19(25)15-11-17(23)22(12-15)13(3)4/h13-16H,5-12H2,1-4H3,(H,20,24). The number of hydrogen-bond donors (Lipinski definition) is 1.